The minimum atomic E-state index is -0.0972. The molecule has 2 aromatic rings. The molecule has 0 saturated carbocycles. The van der Waals surface area contributed by atoms with Crippen LogP contribution in [0.1, 0.15) is 32.6 Å². The van der Waals surface area contributed by atoms with Crippen LogP contribution in [0.15, 0.2) is 23.4 Å². The summed E-state index contributed by atoms with van der Waals surface area (Å²) in [6, 6.07) is 5.67. The predicted molar refractivity (Wildman–Crippen MR) is 86.3 cm³/mol. The molecule has 0 amide bonds. The Kier molecular flexibility index (Phi) is 5.92. The van der Waals surface area contributed by atoms with E-state index >= 15 is 0 Å². The molecule has 114 valence electrons. The molecule has 0 radical (unpaired) electrons. The minimum Gasteiger partial charge on any atom is -0.466 e. The lowest BCUT2D eigenvalue weighted by Crippen LogP contribution is -2.03. The molecule has 0 saturated heterocycles. The molecule has 21 heavy (non-hydrogen) atoms. The molecule has 1 heterocycles. The molecule has 0 unspecified atom stereocenters. The Labute approximate surface area is 128 Å². The number of H-pyrrole nitrogens is 1. The molecule has 0 fully saturated rings. The predicted octanol–water partition coefficient (Wildman–Crippen LogP) is 3.36. The van der Waals surface area contributed by atoms with E-state index in [-0.39, 0.29) is 5.97 Å². The molecule has 0 aliphatic carbocycles. The van der Waals surface area contributed by atoms with Crippen molar-refractivity contribution in [1.29, 1.82) is 0 Å². The average Bonchev–Trinajstić information content (AvgIpc) is 2.84. The van der Waals surface area contributed by atoms with Crippen LogP contribution >= 0.6 is 11.8 Å². The van der Waals surface area contributed by atoms with Crippen molar-refractivity contribution in [3.8, 4) is 0 Å². The van der Waals surface area contributed by atoms with Gasteiger partial charge in [-0.1, -0.05) is 18.2 Å². The van der Waals surface area contributed by atoms with Gasteiger partial charge in [-0.3, -0.25) is 4.79 Å². The van der Waals surface area contributed by atoms with Crippen molar-refractivity contribution in [3.63, 3.8) is 0 Å². The van der Waals surface area contributed by atoms with Crippen LogP contribution in [0.5, 0.6) is 0 Å². The molecule has 3 N–H and O–H groups in total. The number of nitrogen functional groups attached to an aromatic ring is 1. The Bertz CT molecular complexity index is 598. The first-order valence-electron chi connectivity index (χ1n) is 7.22. The first kappa shape index (κ1) is 15.7. The highest BCUT2D eigenvalue weighted by Crippen LogP contribution is 2.22. The molecule has 0 aliphatic heterocycles. The highest BCUT2D eigenvalue weighted by molar-refractivity contribution is 7.99. The van der Waals surface area contributed by atoms with Crippen LogP contribution in [0.2, 0.25) is 0 Å². The Morgan fingerprint density at radius 3 is 3.05 bits per heavy atom. The van der Waals surface area contributed by atoms with Crippen molar-refractivity contribution >= 4 is 34.5 Å². The number of imidazole rings is 1. The number of benzene rings is 1. The molecule has 1 aromatic heterocycles. The van der Waals surface area contributed by atoms with E-state index in [1.54, 1.807) is 11.8 Å². The lowest BCUT2D eigenvalue weighted by Gasteiger charge is -2.01. The van der Waals surface area contributed by atoms with Gasteiger partial charge in [-0.05, 0) is 38.0 Å². The van der Waals surface area contributed by atoms with Gasteiger partial charge in [0.05, 0.1) is 17.6 Å². The fourth-order valence-corrected chi connectivity index (χ4v) is 2.91. The van der Waals surface area contributed by atoms with E-state index < -0.39 is 0 Å². The van der Waals surface area contributed by atoms with Gasteiger partial charge in [0.2, 0.25) is 0 Å². The second kappa shape index (κ2) is 7.93. The summed E-state index contributed by atoms with van der Waals surface area (Å²) in [4.78, 5) is 18.9. The molecular weight excluding hydrogens is 286 g/mol. The number of hydrogen-bond acceptors (Lipinski definition) is 5. The van der Waals surface area contributed by atoms with Gasteiger partial charge in [-0.15, -0.1) is 0 Å². The molecule has 5 nitrogen and oxygen atoms in total. The number of thioether (sulfide) groups is 1. The Morgan fingerprint density at radius 2 is 2.24 bits per heavy atom. The maximum Gasteiger partial charge on any atom is 0.305 e. The van der Waals surface area contributed by atoms with E-state index in [0.29, 0.717) is 13.0 Å². The number of nitrogens with two attached hydrogens (primary N) is 1. The molecule has 0 spiro atoms. The minimum absolute atomic E-state index is 0.0972. The number of rotatable bonds is 8. The topological polar surface area (TPSA) is 81.0 Å². The number of esters is 1. The van der Waals surface area contributed by atoms with Gasteiger partial charge in [0, 0.05) is 17.9 Å². The van der Waals surface area contributed by atoms with Gasteiger partial charge in [-0.25, -0.2) is 4.98 Å². The summed E-state index contributed by atoms with van der Waals surface area (Å²) in [7, 11) is 0. The molecule has 0 aliphatic rings. The number of carbonyl (C=O) groups excluding carboxylic acids is 1. The maximum atomic E-state index is 11.2. The second-order valence-electron chi connectivity index (χ2n) is 4.78. The second-order valence-corrected chi connectivity index (χ2v) is 5.87. The number of fused-ring (bicyclic) bond motifs is 1. The number of unbranched alkanes of at least 4 members (excludes halogenated alkanes) is 2. The van der Waals surface area contributed by atoms with Crippen LogP contribution < -0.4 is 5.73 Å². The molecule has 1 aromatic carbocycles. The van der Waals surface area contributed by atoms with E-state index in [9.17, 15) is 4.79 Å². The SMILES string of the molecule is CCOC(=O)CCCCCSc1nc2ccc(N)cc2[nH]1. The third-order valence-electron chi connectivity index (χ3n) is 3.05. The number of aromatic nitrogens is 2. The maximum absolute atomic E-state index is 11.2. The lowest BCUT2D eigenvalue weighted by molar-refractivity contribution is -0.143. The van der Waals surface area contributed by atoms with Gasteiger partial charge in [-0.2, -0.15) is 0 Å². The number of nitrogens with one attached hydrogen (secondary N) is 1. The van der Waals surface area contributed by atoms with Crippen LogP contribution in [0.4, 0.5) is 5.69 Å². The summed E-state index contributed by atoms with van der Waals surface area (Å²) in [6.07, 6.45) is 3.49. The normalized spacial score (nSPS) is 10.9. The summed E-state index contributed by atoms with van der Waals surface area (Å²) in [5.74, 6) is 0.887. The standard InChI is InChI=1S/C15H21N3O2S/c1-2-20-14(19)6-4-3-5-9-21-15-17-12-8-7-11(16)10-13(12)18-15/h7-8,10H,2-6,9,16H2,1H3,(H,17,18). The molecule has 0 bridgehead atoms. The zero-order valence-electron chi connectivity index (χ0n) is 12.2. The van der Waals surface area contributed by atoms with E-state index in [2.05, 4.69) is 9.97 Å². The van der Waals surface area contributed by atoms with E-state index in [1.165, 1.54) is 0 Å². The number of anilines is 1. The summed E-state index contributed by atoms with van der Waals surface area (Å²) >= 11 is 1.70. The van der Waals surface area contributed by atoms with Crippen LogP contribution in [-0.2, 0) is 9.53 Å². The number of carbonyl (C=O) groups is 1. The molecule has 2 rings (SSSR count). The van der Waals surface area contributed by atoms with Crippen molar-refractivity contribution in [2.75, 3.05) is 18.1 Å². The fraction of sp³-hybridized carbons (Fsp3) is 0.467. The van der Waals surface area contributed by atoms with Gasteiger partial charge in [0.25, 0.3) is 0 Å². The molecular formula is C15H21N3O2S. The Morgan fingerprint density at radius 1 is 1.38 bits per heavy atom. The number of hydrogen-bond donors (Lipinski definition) is 2. The van der Waals surface area contributed by atoms with Crippen molar-refractivity contribution in [2.24, 2.45) is 0 Å². The third-order valence-corrected chi connectivity index (χ3v) is 4.01. The van der Waals surface area contributed by atoms with Gasteiger partial charge < -0.3 is 15.5 Å². The van der Waals surface area contributed by atoms with E-state index in [0.717, 1.165) is 46.9 Å². The Balaban J connectivity index is 1.67. The van der Waals surface area contributed by atoms with Crippen LogP contribution in [0, 0.1) is 0 Å². The number of aromatic amines is 1. The first-order valence-corrected chi connectivity index (χ1v) is 8.21. The smallest absolute Gasteiger partial charge is 0.305 e. The van der Waals surface area contributed by atoms with Crippen LogP contribution in [0.3, 0.4) is 0 Å². The monoisotopic (exact) mass is 307 g/mol. The number of ether oxygens (including phenoxy) is 1. The Hall–Kier alpha value is -1.69. The molecule has 0 atom stereocenters. The van der Waals surface area contributed by atoms with Crippen molar-refractivity contribution in [2.45, 2.75) is 37.8 Å². The van der Waals surface area contributed by atoms with Gasteiger partial charge >= 0.3 is 5.97 Å². The van der Waals surface area contributed by atoms with Crippen molar-refractivity contribution in [3.05, 3.63) is 18.2 Å². The lowest BCUT2D eigenvalue weighted by atomic mass is 10.2. The van der Waals surface area contributed by atoms with Crippen LogP contribution in [-0.4, -0.2) is 28.3 Å². The summed E-state index contributed by atoms with van der Waals surface area (Å²) in [5.41, 5.74) is 8.39. The average molecular weight is 307 g/mol. The van der Waals surface area contributed by atoms with Crippen molar-refractivity contribution < 1.29 is 9.53 Å². The van der Waals surface area contributed by atoms with E-state index in [4.69, 9.17) is 10.5 Å². The number of nitrogens with zero attached hydrogens (tertiary/aromatic N) is 1. The molecule has 6 heteroatoms. The van der Waals surface area contributed by atoms with E-state index in [1.807, 2.05) is 25.1 Å². The zero-order valence-corrected chi connectivity index (χ0v) is 13.0. The third kappa shape index (κ3) is 4.97. The highest BCUT2D eigenvalue weighted by Gasteiger charge is 2.04. The van der Waals surface area contributed by atoms with Gasteiger partial charge in [0.15, 0.2) is 5.16 Å². The van der Waals surface area contributed by atoms with Crippen molar-refractivity contribution in [1.82, 2.24) is 9.97 Å². The summed E-state index contributed by atoms with van der Waals surface area (Å²) in [6.45, 7) is 2.29. The van der Waals surface area contributed by atoms with Crippen LogP contribution in [0.25, 0.3) is 11.0 Å². The summed E-state index contributed by atoms with van der Waals surface area (Å²) < 4.78 is 4.89. The zero-order chi connectivity index (χ0) is 15.1. The van der Waals surface area contributed by atoms with Gasteiger partial charge in [0.1, 0.15) is 0 Å². The largest absolute Gasteiger partial charge is 0.466 e. The quantitative estimate of drug-likeness (QED) is 0.338. The highest BCUT2D eigenvalue weighted by atomic mass is 32.2. The summed E-state index contributed by atoms with van der Waals surface area (Å²) in [5, 5.41) is 0.918. The first-order chi connectivity index (χ1) is 10.2. The fourth-order valence-electron chi connectivity index (χ4n) is 2.02.